The largest absolute Gasteiger partial charge is 0.282 e. The molecule has 62 valence electrons. The number of rotatable bonds is 2. The van der Waals surface area contributed by atoms with Gasteiger partial charge in [-0.25, -0.2) is 0 Å². The Balaban J connectivity index is 2.55. The molecule has 0 spiro atoms. The van der Waals surface area contributed by atoms with Gasteiger partial charge >= 0.3 is 0 Å². The van der Waals surface area contributed by atoms with Crippen molar-refractivity contribution in [2.45, 2.75) is 26.7 Å². The summed E-state index contributed by atoms with van der Waals surface area (Å²) in [6.45, 7) is 4.58. The van der Waals surface area contributed by atoms with Gasteiger partial charge in [0.25, 0.3) is 0 Å². The second-order valence-electron chi connectivity index (χ2n) is 3.29. The number of carbonyl (C=O) groups is 2. The molecule has 0 saturated carbocycles. The summed E-state index contributed by atoms with van der Waals surface area (Å²) in [5.41, 5.74) is 0. The van der Waals surface area contributed by atoms with Crippen LogP contribution in [0.1, 0.15) is 26.7 Å². The van der Waals surface area contributed by atoms with E-state index in [1.165, 1.54) is 4.90 Å². The van der Waals surface area contributed by atoms with Crippen LogP contribution in [-0.2, 0) is 9.59 Å². The first-order chi connectivity index (χ1) is 5.11. The zero-order valence-electron chi connectivity index (χ0n) is 6.96. The molecule has 1 fully saturated rings. The molecule has 1 aliphatic rings. The summed E-state index contributed by atoms with van der Waals surface area (Å²) in [5, 5.41) is 0. The minimum Gasteiger partial charge on any atom is -0.282 e. The van der Waals surface area contributed by atoms with Crippen LogP contribution < -0.4 is 0 Å². The normalized spacial score (nSPS) is 18.6. The number of hydrogen-bond acceptors (Lipinski definition) is 2. The van der Waals surface area contributed by atoms with Gasteiger partial charge in [-0.15, -0.1) is 0 Å². The smallest absolute Gasteiger partial charge is 0.229 e. The Morgan fingerprint density at radius 2 is 1.73 bits per heavy atom. The SMILES string of the molecule is CC(C)CN1C(=O)CCC1=O. The maximum absolute atomic E-state index is 11.0. The van der Waals surface area contributed by atoms with Crippen molar-refractivity contribution in [2.75, 3.05) is 6.54 Å². The molecule has 0 aliphatic carbocycles. The van der Waals surface area contributed by atoms with Crippen molar-refractivity contribution in [3.8, 4) is 0 Å². The summed E-state index contributed by atoms with van der Waals surface area (Å²) in [4.78, 5) is 23.4. The minimum atomic E-state index is -0.0105. The Morgan fingerprint density at radius 1 is 1.27 bits per heavy atom. The highest BCUT2D eigenvalue weighted by atomic mass is 16.2. The Labute approximate surface area is 66.4 Å². The van der Waals surface area contributed by atoms with Gasteiger partial charge in [0.15, 0.2) is 0 Å². The van der Waals surface area contributed by atoms with Crippen molar-refractivity contribution in [1.29, 1.82) is 0 Å². The van der Waals surface area contributed by atoms with Crippen molar-refractivity contribution in [2.24, 2.45) is 5.92 Å². The lowest BCUT2D eigenvalue weighted by molar-refractivity contribution is -0.138. The van der Waals surface area contributed by atoms with Crippen LogP contribution in [0.4, 0.5) is 0 Å². The van der Waals surface area contributed by atoms with Crippen LogP contribution in [-0.4, -0.2) is 23.3 Å². The predicted octanol–water partition coefficient (Wildman–Crippen LogP) is 0.791. The molecule has 0 unspecified atom stereocenters. The number of carbonyl (C=O) groups excluding carboxylic acids is 2. The zero-order chi connectivity index (χ0) is 8.43. The average molecular weight is 155 g/mol. The summed E-state index contributed by atoms with van der Waals surface area (Å²) in [7, 11) is 0. The number of amides is 2. The molecule has 0 aromatic heterocycles. The van der Waals surface area contributed by atoms with Gasteiger partial charge in [0.05, 0.1) is 0 Å². The molecule has 0 atom stereocenters. The van der Waals surface area contributed by atoms with E-state index >= 15 is 0 Å². The maximum atomic E-state index is 11.0. The van der Waals surface area contributed by atoms with E-state index in [4.69, 9.17) is 0 Å². The monoisotopic (exact) mass is 155 g/mol. The van der Waals surface area contributed by atoms with Crippen LogP contribution in [0.25, 0.3) is 0 Å². The second-order valence-corrected chi connectivity index (χ2v) is 3.29. The fourth-order valence-electron chi connectivity index (χ4n) is 1.19. The van der Waals surface area contributed by atoms with E-state index in [1.807, 2.05) is 13.8 Å². The molecular weight excluding hydrogens is 142 g/mol. The van der Waals surface area contributed by atoms with Crippen LogP contribution in [0.5, 0.6) is 0 Å². The van der Waals surface area contributed by atoms with Gasteiger partial charge in [0.2, 0.25) is 11.8 Å². The molecule has 2 amide bonds. The van der Waals surface area contributed by atoms with Crippen molar-refractivity contribution in [3.05, 3.63) is 0 Å². The highest BCUT2D eigenvalue weighted by molar-refractivity contribution is 6.01. The van der Waals surface area contributed by atoms with Crippen molar-refractivity contribution < 1.29 is 9.59 Å². The molecule has 0 aromatic carbocycles. The van der Waals surface area contributed by atoms with Crippen molar-refractivity contribution in [3.63, 3.8) is 0 Å². The van der Waals surface area contributed by atoms with Crippen LogP contribution in [0.2, 0.25) is 0 Å². The Morgan fingerprint density at radius 3 is 2.09 bits per heavy atom. The average Bonchev–Trinajstić information content (AvgIpc) is 2.18. The Bertz CT molecular complexity index is 171. The van der Waals surface area contributed by atoms with E-state index in [1.54, 1.807) is 0 Å². The molecule has 1 saturated heterocycles. The first-order valence-electron chi connectivity index (χ1n) is 3.94. The summed E-state index contributed by atoms with van der Waals surface area (Å²) in [6, 6.07) is 0. The van der Waals surface area contributed by atoms with Gasteiger partial charge in [-0.3, -0.25) is 14.5 Å². The minimum absolute atomic E-state index is 0.0105. The predicted molar refractivity (Wildman–Crippen MR) is 40.8 cm³/mol. The third-order valence-electron chi connectivity index (χ3n) is 1.70. The van der Waals surface area contributed by atoms with Gasteiger partial charge in [0.1, 0.15) is 0 Å². The van der Waals surface area contributed by atoms with E-state index in [0.29, 0.717) is 25.3 Å². The third kappa shape index (κ3) is 1.79. The summed E-state index contributed by atoms with van der Waals surface area (Å²) in [6.07, 6.45) is 0.817. The van der Waals surface area contributed by atoms with Crippen molar-refractivity contribution in [1.82, 2.24) is 4.90 Å². The quantitative estimate of drug-likeness (QED) is 0.553. The van der Waals surface area contributed by atoms with E-state index in [0.717, 1.165) is 0 Å². The molecule has 1 aliphatic heterocycles. The molecule has 0 N–H and O–H groups in total. The van der Waals surface area contributed by atoms with Gasteiger partial charge < -0.3 is 0 Å². The molecule has 11 heavy (non-hydrogen) atoms. The topological polar surface area (TPSA) is 37.4 Å². The van der Waals surface area contributed by atoms with Crippen LogP contribution >= 0.6 is 0 Å². The molecule has 0 radical (unpaired) electrons. The number of nitrogens with zero attached hydrogens (tertiary/aromatic N) is 1. The molecule has 1 rings (SSSR count). The van der Waals surface area contributed by atoms with E-state index in [-0.39, 0.29) is 11.8 Å². The molecule has 3 nitrogen and oxygen atoms in total. The van der Waals surface area contributed by atoms with Crippen LogP contribution in [0.3, 0.4) is 0 Å². The molecular formula is C8H13NO2. The van der Waals surface area contributed by atoms with E-state index < -0.39 is 0 Å². The van der Waals surface area contributed by atoms with Gasteiger partial charge in [-0.1, -0.05) is 13.8 Å². The van der Waals surface area contributed by atoms with Crippen LogP contribution in [0, 0.1) is 5.92 Å². The first-order valence-corrected chi connectivity index (χ1v) is 3.94. The molecule has 0 aromatic rings. The van der Waals surface area contributed by atoms with Crippen LogP contribution in [0.15, 0.2) is 0 Å². The maximum Gasteiger partial charge on any atom is 0.229 e. The fraction of sp³-hybridized carbons (Fsp3) is 0.750. The highest BCUT2D eigenvalue weighted by Crippen LogP contribution is 2.13. The molecule has 1 heterocycles. The summed E-state index contributed by atoms with van der Waals surface area (Å²) in [5.74, 6) is 0.355. The summed E-state index contributed by atoms with van der Waals surface area (Å²) < 4.78 is 0. The number of likely N-dealkylation sites (tertiary alicyclic amines) is 1. The Hall–Kier alpha value is -0.860. The van der Waals surface area contributed by atoms with Gasteiger partial charge in [0, 0.05) is 19.4 Å². The second kappa shape index (κ2) is 3.03. The van der Waals surface area contributed by atoms with E-state index in [9.17, 15) is 9.59 Å². The van der Waals surface area contributed by atoms with Crippen molar-refractivity contribution >= 4 is 11.8 Å². The summed E-state index contributed by atoms with van der Waals surface area (Å²) >= 11 is 0. The molecule has 0 bridgehead atoms. The lowest BCUT2D eigenvalue weighted by Gasteiger charge is -2.15. The lowest BCUT2D eigenvalue weighted by Crippen LogP contribution is -2.32. The van der Waals surface area contributed by atoms with Gasteiger partial charge in [-0.2, -0.15) is 0 Å². The Kier molecular flexibility index (Phi) is 2.27. The number of imide groups is 1. The van der Waals surface area contributed by atoms with Gasteiger partial charge in [-0.05, 0) is 5.92 Å². The fourth-order valence-corrected chi connectivity index (χ4v) is 1.19. The standard InChI is InChI=1S/C8H13NO2/c1-6(2)5-9-7(10)3-4-8(9)11/h6H,3-5H2,1-2H3. The number of hydrogen-bond donors (Lipinski definition) is 0. The molecule has 3 heteroatoms. The zero-order valence-corrected chi connectivity index (χ0v) is 6.96. The first kappa shape index (κ1) is 8.24. The highest BCUT2D eigenvalue weighted by Gasteiger charge is 2.28. The lowest BCUT2D eigenvalue weighted by atomic mass is 10.2. The van der Waals surface area contributed by atoms with E-state index in [2.05, 4.69) is 0 Å². The third-order valence-corrected chi connectivity index (χ3v) is 1.70.